The van der Waals surface area contributed by atoms with Gasteiger partial charge in [-0.3, -0.25) is 4.79 Å². The Kier molecular flexibility index (Phi) is 3.26. The first-order valence-electron chi connectivity index (χ1n) is 4.18. The Balaban J connectivity index is 2.60. The van der Waals surface area contributed by atoms with Crippen molar-refractivity contribution in [3.05, 3.63) is 48.0 Å². The third kappa shape index (κ3) is 2.75. The maximum absolute atomic E-state index is 11.1. The van der Waals surface area contributed by atoms with Gasteiger partial charge in [0.1, 0.15) is 0 Å². The minimum absolute atomic E-state index is 0.0937. The fraction of sp³-hybridized carbons (Fsp3) is 0.182. The molecule has 1 aromatic rings. The minimum atomic E-state index is -0.0937. The summed E-state index contributed by atoms with van der Waals surface area (Å²) in [7, 11) is 1.61. The molecule has 0 atom stereocenters. The predicted molar refractivity (Wildman–Crippen MR) is 53.4 cm³/mol. The van der Waals surface area contributed by atoms with Crippen molar-refractivity contribution in [3.63, 3.8) is 0 Å². The van der Waals surface area contributed by atoms with E-state index in [1.165, 1.54) is 0 Å². The summed E-state index contributed by atoms with van der Waals surface area (Å²) in [6, 6.07) is 9.81. The first-order chi connectivity index (χ1) is 6.24. The zero-order chi connectivity index (χ0) is 9.68. The summed E-state index contributed by atoms with van der Waals surface area (Å²) >= 11 is 0. The second kappa shape index (κ2) is 4.45. The quantitative estimate of drug-likeness (QED) is 0.693. The van der Waals surface area contributed by atoms with E-state index in [0.717, 1.165) is 5.56 Å². The third-order valence-corrected chi connectivity index (χ3v) is 1.81. The van der Waals surface area contributed by atoms with E-state index in [1.807, 2.05) is 30.3 Å². The molecule has 1 amide bonds. The fourth-order valence-electron chi connectivity index (χ4n) is 1.10. The van der Waals surface area contributed by atoms with E-state index in [4.69, 9.17) is 0 Å². The van der Waals surface area contributed by atoms with Gasteiger partial charge in [-0.15, -0.1) is 0 Å². The summed E-state index contributed by atoms with van der Waals surface area (Å²) in [6.07, 6.45) is 0.612. The molecule has 0 bridgehead atoms. The maximum Gasteiger partial charge on any atom is 0.246 e. The van der Waals surface area contributed by atoms with Gasteiger partial charge in [-0.05, 0) is 5.56 Å². The molecule has 0 aliphatic rings. The first-order valence-corrected chi connectivity index (χ1v) is 4.18. The number of rotatable bonds is 3. The monoisotopic (exact) mass is 175 g/mol. The van der Waals surface area contributed by atoms with Crippen molar-refractivity contribution in [1.82, 2.24) is 5.32 Å². The molecule has 0 aromatic heterocycles. The highest BCUT2D eigenvalue weighted by Gasteiger charge is 2.04. The van der Waals surface area contributed by atoms with Crippen molar-refractivity contribution < 1.29 is 4.79 Å². The second-order valence-corrected chi connectivity index (χ2v) is 2.85. The molecule has 0 saturated heterocycles. The van der Waals surface area contributed by atoms with E-state index in [0.29, 0.717) is 12.0 Å². The smallest absolute Gasteiger partial charge is 0.246 e. The van der Waals surface area contributed by atoms with E-state index in [1.54, 1.807) is 7.05 Å². The molecule has 0 aliphatic heterocycles. The molecule has 2 nitrogen and oxygen atoms in total. The van der Waals surface area contributed by atoms with Crippen LogP contribution in [-0.4, -0.2) is 13.0 Å². The summed E-state index contributed by atoms with van der Waals surface area (Å²) in [5.41, 5.74) is 1.70. The zero-order valence-electron chi connectivity index (χ0n) is 7.71. The predicted octanol–water partition coefficient (Wildman–Crippen LogP) is 1.53. The number of hydrogen-bond acceptors (Lipinski definition) is 1. The number of likely N-dealkylation sites (N-methyl/N-ethyl adjacent to an activating group) is 1. The topological polar surface area (TPSA) is 29.1 Å². The van der Waals surface area contributed by atoms with Crippen LogP contribution in [0.2, 0.25) is 0 Å². The largest absolute Gasteiger partial charge is 0.355 e. The Bertz CT molecular complexity index is 303. The van der Waals surface area contributed by atoms with Crippen LogP contribution in [0, 0.1) is 0 Å². The van der Waals surface area contributed by atoms with Crippen LogP contribution in [0.5, 0.6) is 0 Å². The van der Waals surface area contributed by atoms with Crippen LogP contribution < -0.4 is 5.32 Å². The van der Waals surface area contributed by atoms with Gasteiger partial charge in [-0.25, -0.2) is 0 Å². The molecule has 2 heteroatoms. The highest BCUT2D eigenvalue weighted by molar-refractivity contribution is 5.92. The Hall–Kier alpha value is -1.57. The van der Waals surface area contributed by atoms with Gasteiger partial charge < -0.3 is 5.32 Å². The van der Waals surface area contributed by atoms with Crippen LogP contribution in [0.3, 0.4) is 0 Å². The number of amides is 1. The molecule has 0 saturated carbocycles. The van der Waals surface area contributed by atoms with E-state index < -0.39 is 0 Å². The molecule has 13 heavy (non-hydrogen) atoms. The molecule has 68 valence electrons. The molecule has 1 rings (SSSR count). The summed E-state index contributed by atoms with van der Waals surface area (Å²) in [6.45, 7) is 3.71. The van der Waals surface area contributed by atoms with Crippen LogP contribution in [0.15, 0.2) is 42.5 Å². The lowest BCUT2D eigenvalue weighted by molar-refractivity contribution is -0.117. The highest BCUT2D eigenvalue weighted by Crippen LogP contribution is 2.05. The summed E-state index contributed by atoms with van der Waals surface area (Å²) < 4.78 is 0. The SMILES string of the molecule is C=C(Cc1ccccc1)C(=O)NC. The van der Waals surface area contributed by atoms with Crippen LogP contribution in [0.4, 0.5) is 0 Å². The van der Waals surface area contributed by atoms with Crippen LogP contribution in [0.1, 0.15) is 5.56 Å². The van der Waals surface area contributed by atoms with Crippen molar-refractivity contribution >= 4 is 5.91 Å². The highest BCUT2D eigenvalue weighted by atomic mass is 16.1. The number of hydrogen-bond donors (Lipinski definition) is 1. The van der Waals surface area contributed by atoms with Gasteiger partial charge in [0, 0.05) is 19.0 Å². The molecule has 0 aliphatic carbocycles. The van der Waals surface area contributed by atoms with Crippen molar-refractivity contribution in [2.24, 2.45) is 0 Å². The molecule has 0 spiro atoms. The zero-order valence-corrected chi connectivity index (χ0v) is 7.71. The van der Waals surface area contributed by atoms with E-state index in [2.05, 4.69) is 11.9 Å². The number of benzene rings is 1. The Morgan fingerprint density at radius 1 is 1.38 bits per heavy atom. The Labute approximate surface area is 78.3 Å². The van der Waals surface area contributed by atoms with Crippen LogP contribution in [0.25, 0.3) is 0 Å². The van der Waals surface area contributed by atoms with Crippen LogP contribution in [-0.2, 0) is 11.2 Å². The second-order valence-electron chi connectivity index (χ2n) is 2.85. The van der Waals surface area contributed by atoms with Crippen molar-refractivity contribution in [2.45, 2.75) is 6.42 Å². The molecule has 1 aromatic carbocycles. The third-order valence-electron chi connectivity index (χ3n) is 1.81. The van der Waals surface area contributed by atoms with E-state index >= 15 is 0 Å². The van der Waals surface area contributed by atoms with E-state index in [9.17, 15) is 4.79 Å². The molecule has 1 N–H and O–H groups in total. The summed E-state index contributed by atoms with van der Waals surface area (Å²) in [5, 5.41) is 2.55. The first kappa shape index (κ1) is 9.52. The lowest BCUT2D eigenvalue weighted by Gasteiger charge is -2.03. The fourth-order valence-corrected chi connectivity index (χ4v) is 1.10. The van der Waals surface area contributed by atoms with Crippen LogP contribution >= 0.6 is 0 Å². The van der Waals surface area contributed by atoms with Gasteiger partial charge in [0.25, 0.3) is 0 Å². The molecule has 0 heterocycles. The van der Waals surface area contributed by atoms with Gasteiger partial charge in [0.2, 0.25) is 5.91 Å². The molecule has 0 fully saturated rings. The number of carbonyl (C=O) groups is 1. The van der Waals surface area contributed by atoms with Gasteiger partial charge in [0.05, 0.1) is 0 Å². The van der Waals surface area contributed by atoms with Crippen molar-refractivity contribution in [2.75, 3.05) is 7.05 Å². The standard InChI is InChI=1S/C11H13NO/c1-9(11(13)12-2)8-10-6-4-3-5-7-10/h3-7H,1,8H2,2H3,(H,12,13). The van der Waals surface area contributed by atoms with Gasteiger partial charge in [-0.2, -0.15) is 0 Å². The summed E-state index contributed by atoms with van der Waals surface area (Å²) in [5.74, 6) is -0.0937. The van der Waals surface area contributed by atoms with E-state index in [-0.39, 0.29) is 5.91 Å². The average Bonchev–Trinajstić information content (AvgIpc) is 2.18. The average molecular weight is 175 g/mol. The minimum Gasteiger partial charge on any atom is -0.355 e. The maximum atomic E-state index is 11.1. The lowest BCUT2D eigenvalue weighted by atomic mass is 10.1. The number of nitrogens with one attached hydrogen (secondary N) is 1. The van der Waals surface area contributed by atoms with Crippen molar-refractivity contribution in [1.29, 1.82) is 0 Å². The number of carbonyl (C=O) groups excluding carboxylic acids is 1. The Morgan fingerprint density at radius 3 is 2.54 bits per heavy atom. The molecular weight excluding hydrogens is 162 g/mol. The summed E-state index contributed by atoms with van der Waals surface area (Å²) in [4.78, 5) is 11.1. The normalized spacial score (nSPS) is 9.31. The van der Waals surface area contributed by atoms with Gasteiger partial charge in [0.15, 0.2) is 0 Å². The van der Waals surface area contributed by atoms with Crippen molar-refractivity contribution in [3.8, 4) is 0 Å². The van der Waals surface area contributed by atoms with Gasteiger partial charge in [-0.1, -0.05) is 36.9 Å². The van der Waals surface area contributed by atoms with Gasteiger partial charge >= 0.3 is 0 Å². The molecule has 0 unspecified atom stereocenters. The molecular formula is C11H13NO. The molecule has 0 radical (unpaired) electrons. The lowest BCUT2D eigenvalue weighted by Crippen LogP contribution is -2.20. The Morgan fingerprint density at radius 2 is 2.00 bits per heavy atom.